The summed E-state index contributed by atoms with van der Waals surface area (Å²) in [7, 11) is 0. The molecule has 0 aromatic rings. The van der Waals surface area contributed by atoms with Gasteiger partial charge >= 0.3 is 0 Å². The van der Waals surface area contributed by atoms with Gasteiger partial charge < -0.3 is 10.2 Å². The van der Waals surface area contributed by atoms with Crippen molar-refractivity contribution in [2.75, 3.05) is 26.2 Å². The third-order valence-electron chi connectivity index (χ3n) is 4.90. The van der Waals surface area contributed by atoms with Crippen LogP contribution >= 0.6 is 0 Å². The van der Waals surface area contributed by atoms with Crippen LogP contribution in [0.4, 0.5) is 0 Å². The maximum Gasteiger partial charge on any atom is 0.0107 e. The Labute approximate surface area is 114 Å². The van der Waals surface area contributed by atoms with Crippen molar-refractivity contribution < 1.29 is 0 Å². The van der Waals surface area contributed by atoms with Gasteiger partial charge in [-0.25, -0.2) is 0 Å². The van der Waals surface area contributed by atoms with E-state index in [2.05, 4.69) is 31.0 Å². The average Bonchev–Trinajstić information content (AvgIpc) is 2.86. The highest BCUT2D eigenvalue weighted by Crippen LogP contribution is 2.37. The molecule has 0 radical (unpaired) electrons. The van der Waals surface area contributed by atoms with Gasteiger partial charge in [0.25, 0.3) is 0 Å². The summed E-state index contributed by atoms with van der Waals surface area (Å²) in [5, 5.41) is 3.69. The predicted octanol–water partition coefficient (Wildman–Crippen LogP) is 3.13. The summed E-state index contributed by atoms with van der Waals surface area (Å²) < 4.78 is 0. The standard InChI is InChI=1S/C16H32N2/c1-13(2)7-8-14(3)17-9-10-18-11-15-5-4-6-16(15)12-18/h13-17H,4-12H2,1-3H3. The average molecular weight is 252 g/mol. The van der Waals surface area contributed by atoms with Gasteiger partial charge in [0.1, 0.15) is 0 Å². The highest BCUT2D eigenvalue weighted by atomic mass is 15.2. The topological polar surface area (TPSA) is 15.3 Å². The van der Waals surface area contributed by atoms with Gasteiger partial charge in [-0.2, -0.15) is 0 Å². The first-order valence-electron chi connectivity index (χ1n) is 8.11. The second-order valence-corrected chi connectivity index (χ2v) is 7.04. The van der Waals surface area contributed by atoms with Crippen molar-refractivity contribution in [3.63, 3.8) is 0 Å². The van der Waals surface area contributed by atoms with E-state index in [4.69, 9.17) is 0 Å². The zero-order valence-corrected chi connectivity index (χ0v) is 12.6. The Morgan fingerprint density at radius 2 is 1.72 bits per heavy atom. The van der Waals surface area contributed by atoms with E-state index in [9.17, 15) is 0 Å². The third-order valence-corrected chi connectivity index (χ3v) is 4.90. The van der Waals surface area contributed by atoms with Crippen molar-refractivity contribution in [2.45, 2.75) is 58.9 Å². The van der Waals surface area contributed by atoms with Gasteiger partial charge in [0, 0.05) is 32.2 Å². The van der Waals surface area contributed by atoms with Crippen LogP contribution in [0, 0.1) is 17.8 Å². The normalized spacial score (nSPS) is 30.0. The first-order chi connectivity index (χ1) is 8.65. The van der Waals surface area contributed by atoms with Crippen molar-refractivity contribution in [2.24, 2.45) is 17.8 Å². The molecule has 1 saturated carbocycles. The molecule has 0 bridgehead atoms. The fraction of sp³-hybridized carbons (Fsp3) is 1.00. The van der Waals surface area contributed by atoms with Crippen LogP contribution in [-0.2, 0) is 0 Å². The van der Waals surface area contributed by atoms with Crippen molar-refractivity contribution in [1.29, 1.82) is 0 Å². The zero-order chi connectivity index (χ0) is 13.0. The van der Waals surface area contributed by atoms with E-state index < -0.39 is 0 Å². The van der Waals surface area contributed by atoms with Crippen molar-refractivity contribution in [1.82, 2.24) is 10.2 Å². The molecule has 3 atom stereocenters. The second kappa shape index (κ2) is 6.91. The Kier molecular flexibility index (Phi) is 5.50. The Morgan fingerprint density at radius 3 is 2.33 bits per heavy atom. The summed E-state index contributed by atoms with van der Waals surface area (Å²) in [6, 6.07) is 0.689. The Hall–Kier alpha value is -0.0800. The molecule has 0 amide bonds. The molecule has 2 rings (SSSR count). The molecular weight excluding hydrogens is 220 g/mol. The first kappa shape index (κ1) is 14.3. The van der Waals surface area contributed by atoms with Crippen molar-refractivity contribution >= 4 is 0 Å². The molecule has 1 N–H and O–H groups in total. The van der Waals surface area contributed by atoms with Crippen LogP contribution in [0.1, 0.15) is 52.9 Å². The molecule has 1 heterocycles. The predicted molar refractivity (Wildman–Crippen MR) is 78.8 cm³/mol. The van der Waals surface area contributed by atoms with Crippen LogP contribution in [0.25, 0.3) is 0 Å². The summed E-state index contributed by atoms with van der Waals surface area (Å²) in [4.78, 5) is 2.69. The lowest BCUT2D eigenvalue weighted by atomic mass is 10.0. The number of nitrogens with one attached hydrogen (secondary N) is 1. The first-order valence-corrected chi connectivity index (χ1v) is 8.11. The molecule has 2 heteroatoms. The zero-order valence-electron chi connectivity index (χ0n) is 12.6. The second-order valence-electron chi connectivity index (χ2n) is 7.04. The molecule has 2 aliphatic rings. The maximum atomic E-state index is 3.69. The number of nitrogens with zero attached hydrogens (tertiary/aromatic N) is 1. The number of rotatable bonds is 7. The van der Waals surface area contributed by atoms with E-state index in [1.54, 1.807) is 0 Å². The monoisotopic (exact) mass is 252 g/mol. The summed E-state index contributed by atoms with van der Waals surface area (Å²) >= 11 is 0. The smallest absolute Gasteiger partial charge is 0.0107 e. The Bertz CT molecular complexity index is 227. The molecule has 0 aromatic heterocycles. The number of hydrogen-bond acceptors (Lipinski definition) is 2. The molecule has 1 aliphatic carbocycles. The fourth-order valence-electron chi connectivity index (χ4n) is 3.67. The van der Waals surface area contributed by atoms with Gasteiger partial charge in [0.15, 0.2) is 0 Å². The van der Waals surface area contributed by atoms with Crippen LogP contribution in [0.15, 0.2) is 0 Å². The van der Waals surface area contributed by atoms with Gasteiger partial charge in [0.05, 0.1) is 0 Å². The van der Waals surface area contributed by atoms with Gasteiger partial charge in [0.2, 0.25) is 0 Å². The van der Waals surface area contributed by atoms with Crippen molar-refractivity contribution in [3.8, 4) is 0 Å². The number of likely N-dealkylation sites (tertiary alicyclic amines) is 1. The Morgan fingerprint density at radius 1 is 1.06 bits per heavy atom. The van der Waals surface area contributed by atoms with E-state index in [0.29, 0.717) is 6.04 Å². The maximum absolute atomic E-state index is 3.69. The van der Waals surface area contributed by atoms with Crippen LogP contribution in [0.2, 0.25) is 0 Å². The molecule has 0 aromatic carbocycles. The van der Waals surface area contributed by atoms with E-state index in [-0.39, 0.29) is 0 Å². The van der Waals surface area contributed by atoms with E-state index in [1.807, 2.05) is 0 Å². The minimum absolute atomic E-state index is 0.689. The lowest BCUT2D eigenvalue weighted by molar-refractivity contribution is 0.301. The van der Waals surface area contributed by atoms with E-state index in [0.717, 1.165) is 17.8 Å². The molecule has 1 saturated heterocycles. The molecule has 18 heavy (non-hydrogen) atoms. The lowest BCUT2D eigenvalue weighted by Gasteiger charge is -2.20. The molecule has 2 fully saturated rings. The lowest BCUT2D eigenvalue weighted by Crippen LogP contribution is -2.35. The van der Waals surface area contributed by atoms with E-state index in [1.165, 1.54) is 58.3 Å². The summed E-state index contributed by atoms with van der Waals surface area (Å²) in [6.45, 7) is 12.2. The summed E-state index contributed by atoms with van der Waals surface area (Å²) in [6.07, 6.45) is 7.16. The van der Waals surface area contributed by atoms with Crippen LogP contribution < -0.4 is 5.32 Å². The van der Waals surface area contributed by atoms with Gasteiger partial charge in [-0.05, 0) is 50.4 Å². The fourth-order valence-corrected chi connectivity index (χ4v) is 3.67. The number of fused-ring (bicyclic) bond motifs is 1. The van der Waals surface area contributed by atoms with Gasteiger partial charge in [-0.15, -0.1) is 0 Å². The highest BCUT2D eigenvalue weighted by molar-refractivity contribution is 4.88. The highest BCUT2D eigenvalue weighted by Gasteiger charge is 2.35. The van der Waals surface area contributed by atoms with Gasteiger partial charge in [-0.3, -0.25) is 0 Å². The minimum Gasteiger partial charge on any atom is -0.313 e. The molecule has 1 aliphatic heterocycles. The van der Waals surface area contributed by atoms with Crippen LogP contribution in [0.3, 0.4) is 0 Å². The molecule has 106 valence electrons. The molecule has 0 spiro atoms. The summed E-state index contributed by atoms with van der Waals surface area (Å²) in [5.41, 5.74) is 0. The molecule has 3 unspecified atom stereocenters. The number of hydrogen-bond donors (Lipinski definition) is 1. The third kappa shape index (κ3) is 4.24. The Balaban J connectivity index is 1.53. The van der Waals surface area contributed by atoms with Crippen LogP contribution in [-0.4, -0.2) is 37.1 Å². The van der Waals surface area contributed by atoms with Crippen molar-refractivity contribution in [3.05, 3.63) is 0 Å². The van der Waals surface area contributed by atoms with Gasteiger partial charge in [-0.1, -0.05) is 20.3 Å². The molecular formula is C16H32N2. The largest absolute Gasteiger partial charge is 0.313 e. The van der Waals surface area contributed by atoms with Crippen LogP contribution in [0.5, 0.6) is 0 Å². The summed E-state index contributed by atoms with van der Waals surface area (Å²) in [5.74, 6) is 2.93. The molecule has 2 nitrogen and oxygen atoms in total. The quantitative estimate of drug-likeness (QED) is 0.749. The van der Waals surface area contributed by atoms with E-state index >= 15 is 0 Å². The minimum atomic E-state index is 0.689. The SMILES string of the molecule is CC(C)CCC(C)NCCN1CC2CCCC2C1.